The predicted molar refractivity (Wildman–Crippen MR) is 155 cm³/mol. The zero-order valence-electron chi connectivity index (χ0n) is 24.3. The Kier molecular flexibility index (Phi) is 10.8. The van der Waals surface area contributed by atoms with Gasteiger partial charge in [0, 0.05) is 55.4 Å². The third-order valence-electron chi connectivity index (χ3n) is 6.92. The van der Waals surface area contributed by atoms with Gasteiger partial charge in [0.25, 0.3) is 18.8 Å². The molecule has 46 heavy (non-hydrogen) atoms. The number of anilines is 2. The van der Waals surface area contributed by atoms with Crippen molar-refractivity contribution in [2.75, 3.05) is 31.5 Å². The molecule has 1 aliphatic heterocycles. The predicted octanol–water partition coefficient (Wildman–Crippen LogP) is 2.95. The molecule has 0 unspecified atom stereocenters. The monoisotopic (exact) mass is 651 g/mol. The average Bonchev–Trinajstić information content (AvgIpc) is 3.60. The Morgan fingerprint density at radius 3 is 2.57 bits per heavy atom. The molecule has 4 aromatic rings. The Balaban J connectivity index is 0.00000154. The van der Waals surface area contributed by atoms with E-state index in [0.29, 0.717) is 40.4 Å². The highest BCUT2D eigenvalue weighted by Crippen LogP contribution is 2.37. The van der Waals surface area contributed by atoms with E-state index in [2.05, 4.69) is 36.3 Å². The molecule has 13 nitrogen and oxygen atoms in total. The topological polar surface area (TPSA) is 168 Å². The van der Waals surface area contributed by atoms with Crippen LogP contribution in [0, 0.1) is 5.92 Å². The Labute approximate surface area is 258 Å². The third-order valence-corrected chi connectivity index (χ3v) is 6.92. The maximum Gasteiger partial charge on any atom is 0.435 e. The number of rotatable bonds is 11. The van der Waals surface area contributed by atoms with E-state index < -0.39 is 36.3 Å². The minimum absolute atomic E-state index is 0.0112. The van der Waals surface area contributed by atoms with Crippen LogP contribution in [0.25, 0.3) is 16.9 Å². The lowest BCUT2D eigenvalue weighted by molar-refractivity contribution is -0.141. The molecule has 4 heterocycles. The van der Waals surface area contributed by atoms with Crippen molar-refractivity contribution < 1.29 is 41.4 Å². The van der Waals surface area contributed by atoms with Gasteiger partial charge in [0.15, 0.2) is 17.2 Å². The zero-order chi connectivity index (χ0) is 33.4. The highest BCUT2D eigenvalue weighted by molar-refractivity contribution is 5.98. The van der Waals surface area contributed by atoms with Crippen LogP contribution in [-0.2, 0) is 28.7 Å². The van der Waals surface area contributed by atoms with Gasteiger partial charge < -0.3 is 26.4 Å². The SMILES string of the molecule is CCc1cc(Nc2nccn3c(-c4cn(CC(F)F)nc4C(F)(F)F)cnc23)ccc1C(=O)NCC(=O)NCC1CNC1.O=CO. The van der Waals surface area contributed by atoms with E-state index in [0.717, 1.165) is 19.3 Å². The molecule has 1 aliphatic rings. The smallest absolute Gasteiger partial charge is 0.435 e. The van der Waals surface area contributed by atoms with Crippen LogP contribution in [-0.4, -0.2) is 80.1 Å². The number of hydrogen-bond acceptors (Lipinski definition) is 8. The lowest BCUT2D eigenvalue weighted by Gasteiger charge is -2.27. The largest absolute Gasteiger partial charge is 0.483 e. The lowest BCUT2D eigenvalue weighted by Crippen LogP contribution is -2.49. The second-order valence-corrected chi connectivity index (χ2v) is 10.1. The number of imidazole rings is 1. The van der Waals surface area contributed by atoms with Crippen molar-refractivity contribution in [1.29, 1.82) is 0 Å². The van der Waals surface area contributed by atoms with Gasteiger partial charge in [-0.3, -0.25) is 23.5 Å². The van der Waals surface area contributed by atoms with Crippen molar-refractivity contribution in [3.05, 3.63) is 59.8 Å². The van der Waals surface area contributed by atoms with E-state index in [1.165, 1.54) is 23.0 Å². The number of carbonyl (C=O) groups excluding carboxylic acids is 2. The maximum absolute atomic E-state index is 13.7. The summed E-state index contributed by atoms with van der Waals surface area (Å²) in [7, 11) is 0. The number of amides is 2. The molecular weight excluding hydrogens is 621 g/mol. The summed E-state index contributed by atoms with van der Waals surface area (Å²) in [5.74, 6) is -0.0807. The highest BCUT2D eigenvalue weighted by Gasteiger charge is 2.38. The summed E-state index contributed by atoms with van der Waals surface area (Å²) in [4.78, 5) is 41.7. The van der Waals surface area contributed by atoms with Gasteiger partial charge in [0.2, 0.25) is 5.91 Å². The quantitative estimate of drug-likeness (QED) is 0.121. The first-order valence-corrected chi connectivity index (χ1v) is 13.9. The van der Waals surface area contributed by atoms with E-state index >= 15 is 0 Å². The van der Waals surface area contributed by atoms with Gasteiger partial charge in [0.05, 0.1) is 24.0 Å². The molecule has 3 aromatic heterocycles. The molecule has 5 N–H and O–H groups in total. The van der Waals surface area contributed by atoms with Crippen LogP contribution in [0.4, 0.5) is 33.5 Å². The number of fused-ring (bicyclic) bond motifs is 1. The zero-order valence-corrected chi connectivity index (χ0v) is 24.3. The maximum atomic E-state index is 13.7. The highest BCUT2D eigenvalue weighted by atomic mass is 19.4. The minimum Gasteiger partial charge on any atom is -0.483 e. The van der Waals surface area contributed by atoms with Crippen LogP contribution < -0.4 is 21.3 Å². The standard InChI is InChI=1S/C27H28F5N9O2.CH2O2/c1-2-16-7-17(3-4-18(16)26(43)37-12-22(42)35-10-15-8-33-9-15)38-24-25-36-11-20(41(25)6-5-34-24)19-13-40(14-21(28)29)39-23(19)27(30,31)32;2-1-3/h3-7,11,13,15,21,33H,2,8-10,12,14H2,1H3,(H,34,38)(H,35,42)(H,37,43);1H,(H,2,3). The van der Waals surface area contributed by atoms with Gasteiger partial charge in [-0.25, -0.2) is 18.7 Å². The Morgan fingerprint density at radius 2 is 1.93 bits per heavy atom. The molecule has 0 spiro atoms. The third kappa shape index (κ3) is 8.12. The second-order valence-electron chi connectivity index (χ2n) is 10.1. The normalized spacial score (nSPS) is 13.1. The summed E-state index contributed by atoms with van der Waals surface area (Å²) < 4.78 is 68.8. The van der Waals surface area contributed by atoms with Gasteiger partial charge in [-0.15, -0.1) is 0 Å². The molecule has 0 aliphatic carbocycles. The van der Waals surface area contributed by atoms with Gasteiger partial charge in [-0.1, -0.05) is 6.92 Å². The molecule has 1 fully saturated rings. The fraction of sp³-hybridized carbons (Fsp3) is 0.357. The number of aromatic nitrogens is 5. The Hall–Kier alpha value is -5.13. The van der Waals surface area contributed by atoms with Gasteiger partial charge in [0.1, 0.15) is 6.54 Å². The number of halogens is 5. The first-order chi connectivity index (χ1) is 21.9. The van der Waals surface area contributed by atoms with E-state index in [1.54, 1.807) is 18.2 Å². The minimum atomic E-state index is -4.89. The van der Waals surface area contributed by atoms with Crippen molar-refractivity contribution in [1.82, 2.24) is 40.1 Å². The van der Waals surface area contributed by atoms with E-state index in [-0.39, 0.29) is 36.1 Å². The molecule has 0 radical (unpaired) electrons. The molecule has 1 aromatic carbocycles. The Bertz CT molecular complexity index is 1690. The first-order valence-electron chi connectivity index (χ1n) is 13.9. The number of hydrogen-bond donors (Lipinski definition) is 5. The Morgan fingerprint density at radius 1 is 1.20 bits per heavy atom. The molecule has 0 atom stereocenters. The molecule has 5 rings (SSSR count). The summed E-state index contributed by atoms with van der Waals surface area (Å²) in [6.07, 6.45) is -2.43. The number of nitrogens with one attached hydrogen (secondary N) is 4. The summed E-state index contributed by atoms with van der Waals surface area (Å²) in [6, 6.07) is 4.95. The molecule has 246 valence electrons. The molecular formula is C28H30F5N9O4. The van der Waals surface area contributed by atoms with Gasteiger partial charge >= 0.3 is 6.18 Å². The first kappa shape index (κ1) is 33.8. The molecule has 2 amide bonds. The van der Waals surface area contributed by atoms with Crippen molar-refractivity contribution >= 4 is 35.4 Å². The van der Waals surface area contributed by atoms with Crippen LogP contribution in [0.5, 0.6) is 0 Å². The van der Waals surface area contributed by atoms with E-state index in [9.17, 15) is 31.5 Å². The van der Waals surface area contributed by atoms with Gasteiger partial charge in [-0.2, -0.15) is 18.3 Å². The molecule has 1 saturated heterocycles. The summed E-state index contributed by atoms with van der Waals surface area (Å²) in [5.41, 5.74) is 0.0513. The van der Waals surface area contributed by atoms with E-state index in [1.807, 2.05) is 6.92 Å². The van der Waals surface area contributed by atoms with Crippen LogP contribution in [0.3, 0.4) is 0 Å². The molecule has 0 saturated carbocycles. The van der Waals surface area contributed by atoms with Crippen molar-refractivity contribution in [2.24, 2.45) is 5.92 Å². The van der Waals surface area contributed by atoms with Crippen LogP contribution in [0.2, 0.25) is 0 Å². The fourth-order valence-electron chi connectivity index (χ4n) is 4.65. The lowest BCUT2D eigenvalue weighted by atomic mass is 10.0. The summed E-state index contributed by atoms with van der Waals surface area (Å²) in [6.45, 7) is 2.72. The average molecular weight is 652 g/mol. The summed E-state index contributed by atoms with van der Waals surface area (Å²) >= 11 is 0. The molecule has 18 heteroatoms. The fourth-order valence-corrected chi connectivity index (χ4v) is 4.65. The van der Waals surface area contributed by atoms with Crippen LogP contribution in [0.15, 0.2) is 43.0 Å². The number of alkyl halides is 5. The van der Waals surface area contributed by atoms with Crippen molar-refractivity contribution in [3.8, 4) is 11.3 Å². The van der Waals surface area contributed by atoms with Gasteiger partial charge in [-0.05, 0) is 30.2 Å². The van der Waals surface area contributed by atoms with Crippen LogP contribution in [0.1, 0.15) is 28.5 Å². The van der Waals surface area contributed by atoms with Crippen molar-refractivity contribution in [2.45, 2.75) is 32.5 Å². The molecule has 0 bridgehead atoms. The summed E-state index contributed by atoms with van der Waals surface area (Å²) in [5, 5.41) is 21.9. The second kappa shape index (κ2) is 14.8. The number of aryl methyl sites for hydroxylation is 1. The van der Waals surface area contributed by atoms with Crippen LogP contribution >= 0.6 is 0 Å². The number of benzene rings is 1. The van der Waals surface area contributed by atoms with Crippen molar-refractivity contribution in [3.63, 3.8) is 0 Å². The number of carbonyl (C=O) groups is 3. The number of nitrogens with zero attached hydrogens (tertiary/aromatic N) is 5. The number of carboxylic acid groups (broad SMARTS) is 1. The van der Waals surface area contributed by atoms with E-state index in [4.69, 9.17) is 9.90 Å².